The molecule has 0 unspecified atom stereocenters. The Labute approximate surface area is 163 Å². The lowest BCUT2D eigenvalue weighted by Gasteiger charge is -2.12. The van der Waals surface area contributed by atoms with Crippen LogP contribution in [0.15, 0.2) is 29.6 Å². The molecule has 2 N–H and O–H groups in total. The average Bonchev–Trinajstić information content (AvgIpc) is 3.23. The molecule has 2 aromatic heterocycles. The molecule has 0 saturated carbocycles. The quantitative estimate of drug-likeness (QED) is 0.636. The molecule has 28 heavy (non-hydrogen) atoms. The van der Waals surface area contributed by atoms with Crippen LogP contribution in [0.25, 0.3) is 11.4 Å². The minimum absolute atomic E-state index is 0.0346. The number of nitrogens with two attached hydrogens (primary N) is 1. The van der Waals surface area contributed by atoms with Gasteiger partial charge in [0.1, 0.15) is 11.6 Å². The molecule has 0 aliphatic rings. The zero-order chi connectivity index (χ0) is 20.4. The molecule has 0 spiro atoms. The summed E-state index contributed by atoms with van der Waals surface area (Å²) in [5, 5.41) is 1.80. The lowest BCUT2D eigenvalue weighted by atomic mass is 10.2. The molecule has 1 aromatic carbocycles. The van der Waals surface area contributed by atoms with E-state index in [0.29, 0.717) is 17.1 Å². The number of esters is 1. The van der Waals surface area contributed by atoms with Crippen LogP contribution in [0.1, 0.15) is 38.3 Å². The summed E-state index contributed by atoms with van der Waals surface area (Å²) in [5.74, 6) is -2.57. The standard InChI is InChI=1S/C19H17F2N3O3S/c1-3-27-19(26)18-23-15(9-28-18)16-7-13(17(22)25)10(2)24(16)8-11-4-5-12(20)6-14(11)21/h4-7,9H,3,8H2,1-2H3,(H2,22,25). The number of carbonyl (C=O) groups excluding carboxylic acids is 2. The predicted molar refractivity (Wildman–Crippen MR) is 100 cm³/mol. The van der Waals surface area contributed by atoms with Crippen LogP contribution in [-0.2, 0) is 11.3 Å². The molecular formula is C19H17F2N3O3S. The Balaban J connectivity index is 2.07. The second kappa shape index (κ2) is 7.89. The van der Waals surface area contributed by atoms with Gasteiger partial charge >= 0.3 is 5.97 Å². The van der Waals surface area contributed by atoms with Gasteiger partial charge in [0.25, 0.3) is 5.91 Å². The van der Waals surface area contributed by atoms with Crippen LogP contribution in [0.5, 0.6) is 0 Å². The van der Waals surface area contributed by atoms with Crippen molar-refractivity contribution in [2.45, 2.75) is 20.4 Å². The summed E-state index contributed by atoms with van der Waals surface area (Å²) in [6.07, 6.45) is 0. The maximum Gasteiger partial charge on any atom is 0.367 e. The Bertz CT molecular complexity index is 1060. The largest absolute Gasteiger partial charge is 0.461 e. The van der Waals surface area contributed by atoms with Crippen LogP contribution in [0, 0.1) is 18.6 Å². The highest BCUT2D eigenvalue weighted by molar-refractivity contribution is 7.11. The SMILES string of the molecule is CCOC(=O)c1nc(-c2cc(C(N)=O)c(C)n2Cc2ccc(F)cc2F)cs1. The van der Waals surface area contributed by atoms with Crippen LogP contribution < -0.4 is 5.73 Å². The van der Waals surface area contributed by atoms with Gasteiger partial charge in [-0.1, -0.05) is 6.07 Å². The fourth-order valence-corrected chi connectivity index (χ4v) is 3.51. The smallest absolute Gasteiger partial charge is 0.367 e. The van der Waals surface area contributed by atoms with Gasteiger partial charge in [-0.15, -0.1) is 11.3 Å². The van der Waals surface area contributed by atoms with E-state index in [-0.39, 0.29) is 29.3 Å². The van der Waals surface area contributed by atoms with E-state index < -0.39 is 23.5 Å². The summed E-state index contributed by atoms with van der Waals surface area (Å²) in [6, 6.07) is 4.84. The molecule has 3 rings (SSSR count). The van der Waals surface area contributed by atoms with Gasteiger partial charge in [-0.25, -0.2) is 18.6 Å². The maximum absolute atomic E-state index is 14.1. The second-order valence-corrected chi connectivity index (χ2v) is 6.83. The molecule has 6 nitrogen and oxygen atoms in total. The number of benzene rings is 1. The Morgan fingerprint density at radius 2 is 2.04 bits per heavy atom. The van der Waals surface area contributed by atoms with Gasteiger partial charge in [0.2, 0.25) is 5.01 Å². The Morgan fingerprint density at radius 1 is 1.29 bits per heavy atom. The number of halogens is 2. The fourth-order valence-electron chi connectivity index (χ4n) is 2.81. The van der Waals surface area contributed by atoms with Crippen LogP contribution >= 0.6 is 11.3 Å². The highest BCUT2D eigenvalue weighted by Gasteiger charge is 2.21. The number of nitrogens with zero attached hydrogens (tertiary/aromatic N) is 2. The highest BCUT2D eigenvalue weighted by Crippen LogP contribution is 2.29. The van der Waals surface area contributed by atoms with Gasteiger partial charge in [-0.2, -0.15) is 0 Å². The van der Waals surface area contributed by atoms with E-state index in [1.54, 1.807) is 29.9 Å². The molecule has 0 atom stereocenters. The summed E-state index contributed by atoms with van der Waals surface area (Å²) in [5.41, 5.74) is 7.35. The lowest BCUT2D eigenvalue weighted by Crippen LogP contribution is -2.13. The number of hydrogen-bond donors (Lipinski definition) is 1. The molecule has 0 saturated heterocycles. The van der Waals surface area contributed by atoms with Crippen molar-refractivity contribution in [2.75, 3.05) is 6.61 Å². The van der Waals surface area contributed by atoms with Crippen molar-refractivity contribution in [1.82, 2.24) is 9.55 Å². The van der Waals surface area contributed by atoms with E-state index >= 15 is 0 Å². The van der Waals surface area contributed by atoms with Crippen molar-refractivity contribution in [2.24, 2.45) is 5.73 Å². The number of aromatic nitrogens is 2. The summed E-state index contributed by atoms with van der Waals surface area (Å²) < 4.78 is 33.9. The Morgan fingerprint density at radius 3 is 2.68 bits per heavy atom. The van der Waals surface area contributed by atoms with E-state index in [1.165, 1.54) is 6.07 Å². The molecule has 2 heterocycles. The molecule has 0 aliphatic carbocycles. The van der Waals surface area contributed by atoms with E-state index in [9.17, 15) is 18.4 Å². The minimum atomic E-state index is -0.704. The zero-order valence-corrected chi connectivity index (χ0v) is 16.0. The van der Waals surface area contributed by atoms with Crippen LogP contribution in [0.3, 0.4) is 0 Å². The van der Waals surface area contributed by atoms with E-state index in [1.807, 2.05) is 0 Å². The molecule has 0 aliphatic heterocycles. The van der Waals surface area contributed by atoms with Crippen molar-refractivity contribution in [3.8, 4) is 11.4 Å². The molecule has 1 amide bonds. The fraction of sp³-hybridized carbons (Fsp3) is 0.211. The third kappa shape index (κ3) is 3.79. The predicted octanol–water partition coefficient (Wildman–Crippen LogP) is 3.52. The molecule has 0 radical (unpaired) electrons. The lowest BCUT2D eigenvalue weighted by molar-refractivity contribution is 0.0526. The molecule has 146 valence electrons. The van der Waals surface area contributed by atoms with Gasteiger partial charge in [0.05, 0.1) is 30.1 Å². The van der Waals surface area contributed by atoms with Crippen LogP contribution in [0.2, 0.25) is 0 Å². The van der Waals surface area contributed by atoms with Crippen molar-refractivity contribution in [1.29, 1.82) is 0 Å². The summed E-state index contributed by atoms with van der Waals surface area (Å²) in [7, 11) is 0. The van der Waals surface area contributed by atoms with Crippen molar-refractivity contribution in [3.63, 3.8) is 0 Å². The normalized spacial score (nSPS) is 10.9. The monoisotopic (exact) mass is 405 g/mol. The van der Waals surface area contributed by atoms with Gasteiger partial charge < -0.3 is 15.0 Å². The molecular weight excluding hydrogens is 388 g/mol. The topological polar surface area (TPSA) is 87.2 Å². The minimum Gasteiger partial charge on any atom is -0.461 e. The number of thiazole rings is 1. The Hall–Kier alpha value is -3.07. The van der Waals surface area contributed by atoms with Crippen molar-refractivity contribution < 1.29 is 23.1 Å². The third-order valence-corrected chi connectivity index (χ3v) is 5.01. The van der Waals surface area contributed by atoms with Gasteiger partial charge in [-0.3, -0.25) is 4.79 Å². The Kier molecular flexibility index (Phi) is 5.55. The molecule has 0 fully saturated rings. The van der Waals surface area contributed by atoms with E-state index in [2.05, 4.69) is 4.98 Å². The summed E-state index contributed by atoms with van der Waals surface area (Å²) >= 11 is 1.10. The molecule has 0 bridgehead atoms. The second-order valence-electron chi connectivity index (χ2n) is 5.97. The number of rotatable bonds is 6. The van der Waals surface area contributed by atoms with Crippen molar-refractivity contribution >= 4 is 23.2 Å². The van der Waals surface area contributed by atoms with E-state index in [0.717, 1.165) is 23.5 Å². The van der Waals surface area contributed by atoms with Gasteiger partial charge in [0, 0.05) is 22.7 Å². The number of amides is 1. The number of primary amides is 1. The van der Waals surface area contributed by atoms with Crippen LogP contribution in [-0.4, -0.2) is 28.0 Å². The highest BCUT2D eigenvalue weighted by atomic mass is 32.1. The van der Waals surface area contributed by atoms with Crippen molar-refractivity contribution in [3.05, 3.63) is 63.1 Å². The number of carbonyl (C=O) groups is 2. The zero-order valence-electron chi connectivity index (χ0n) is 15.2. The number of ether oxygens (including phenoxy) is 1. The summed E-state index contributed by atoms with van der Waals surface area (Å²) in [4.78, 5) is 27.9. The first-order valence-electron chi connectivity index (χ1n) is 8.38. The first-order chi connectivity index (χ1) is 13.3. The van der Waals surface area contributed by atoms with Crippen LogP contribution in [0.4, 0.5) is 8.78 Å². The molecule has 3 aromatic rings. The molecule has 9 heteroatoms. The third-order valence-electron chi connectivity index (χ3n) is 4.19. The van der Waals surface area contributed by atoms with E-state index in [4.69, 9.17) is 10.5 Å². The first kappa shape index (κ1) is 19.7. The first-order valence-corrected chi connectivity index (χ1v) is 9.26. The maximum atomic E-state index is 14.1. The van der Waals surface area contributed by atoms with Gasteiger partial charge in [-0.05, 0) is 26.0 Å². The van der Waals surface area contributed by atoms with Gasteiger partial charge in [0.15, 0.2) is 0 Å². The summed E-state index contributed by atoms with van der Waals surface area (Å²) in [6.45, 7) is 3.62. The average molecular weight is 405 g/mol. The number of hydrogen-bond acceptors (Lipinski definition) is 5.